The Labute approximate surface area is 126 Å². The van der Waals surface area contributed by atoms with Gasteiger partial charge in [-0.25, -0.2) is 4.98 Å². The summed E-state index contributed by atoms with van der Waals surface area (Å²) in [6, 6.07) is 11.1. The van der Waals surface area contributed by atoms with Gasteiger partial charge in [0.05, 0.1) is 0 Å². The van der Waals surface area contributed by atoms with E-state index in [2.05, 4.69) is 45.3 Å². The Morgan fingerprint density at radius 3 is 2.62 bits per heavy atom. The Kier molecular flexibility index (Phi) is 4.08. The highest BCUT2D eigenvalue weighted by Crippen LogP contribution is 2.47. The van der Waals surface area contributed by atoms with E-state index in [9.17, 15) is 0 Å². The first-order valence-corrected chi connectivity index (χ1v) is 7.74. The third kappa shape index (κ3) is 2.61. The average Bonchev–Trinajstić information content (AvgIpc) is 2.88. The maximum absolute atomic E-state index is 5.91. The quantitative estimate of drug-likeness (QED) is 0.632. The highest BCUT2D eigenvalue weighted by molar-refractivity contribution is 5.30. The molecule has 0 saturated heterocycles. The summed E-state index contributed by atoms with van der Waals surface area (Å²) in [5.74, 6) is 7.03. The fourth-order valence-corrected chi connectivity index (χ4v) is 3.60. The molecule has 3 rings (SSSR count). The molecular weight excluding hydrogens is 260 g/mol. The molecule has 112 valence electrons. The van der Waals surface area contributed by atoms with Gasteiger partial charge < -0.3 is 4.57 Å². The number of aromatic nitrogens is 2. The maximum atomic E-state index is 5.91. The number of rotatable bonds is 6. The first-order chi connectivity index (χ1) is 10.3. The van der Waals surface area contributed by atoms with Gasteiger partial charge in [-0.1, -0.05) is 36.8 Å². The molecule has 1 saturated carbocycles. The predicted octanol–water partition coefficient (Wildman–Crippen LogP) is 2.31. The molecular formula is C17H24N4. The summed E-state index contributed by atoms with van der Waals surface area (Å²) >= 11 is 0. The molecule has 0 amide bonds. The molecule has 1 aliphatic carbocycles. The van der Waals surface area contributed by atoms with Crippen LogP contribution in [-0.2, 0) is 18.9 Å². The van der Waals surface area contributed by atoms with Crippen molar-refractivity contribution in [2.75, 3.05) is 0 Å². The topological polar surface area (TPSA) is 55.9 Å². The van der Waals surface area contributed by atoms with Gasteiger partial charge >= 0.3 is 0 Å². The van der Waals surface area contributed by atoms with Gasteiger partial charge in [0.1, 0.15) is 5.82 Å². The van der Waals surface area contributed by atoms with Crippen molar-refractivity contribution in [3.05, 3.63) is 54.1 Å². The zero-order valence-electron chi connectivity index (χ0n) is 12.6. The zero-order valence-corrected chi connectivity index (χ0v) is 12.6. The van der Waals surface area contributed by atoms with E-state index in [1.165, 1.54) is 24.8 Å². The van der Waals surface area contributed by atoms with E-state index in [0.717, 1.165) is 18.7 Å². The molecule has 0 aliphatic heterocycles. The lowest BCUT2D eigenvalue weighted by Gasteiger charge is -2.48. The van der Waals surface area contributed by atoms with E-state index in [1.807, 2.05) is 19.4 Å². The fourth-order valence-electron chi connectivity index (χ4n) is 3.60. The van der Waals surface area contributed by atoms with E-state index in [-0.39, 0.29) is 5.41 Å². The van der Waals surface area contributed by atoms with Gasteiger partial charge in [-0.05, 0) is 24.8 Å². The van der Waals surface area contributed by atoms with Crippen molar-refractivity contribution in [2.24, 2.45) is 12.9 Å². The van der Waals surface area contributed by atoms with Crippen molar-refractivity contribution >= 4 is 0 Å². The van der Waals surface area contributed by atoms with Gasteiger partial charge in [-0.15, -0.1) is 0 Å². The molecule has 1 aromatic heterocycles. The van der Waals surface area contributed by atoms with Gasteiger partial charge in [-0.2, -0.15) is 0 Å². The second-order valence-corrected chi connectivity index (χ2v) is 6.09. The van der Waals surface area contributed by atoms with Crippen molar-refractivity contribution in [2.45, 2.75) is 43.6 Å². The summed E-state index contributed by atoms with van der Waals surface area (Å²) in [7, 11) is 2.05. The van der Waals surface area contributed by atoms with Crippen LogP contribution in [0.25, 0.3) is 0 Å². The standard InChI is InChI=1S/C17H24N4/c1-21-13-12-19-16(21)9-8-15(20-18)17(10-5-11-17)14-6-3-2-4-7-14/h2-4,6-7,12-13,15,20H,5,8-11,18H2,1H3. The van der Waals surface area contributed by atoms with Crippen molar-refractivity contribution in [3.63, 3.8) is 0 Å². The molecule has 1 unspecified atom stereocenters. The SMILES string of the molecule is Cn1ccnc1CCC(NN)C1(c2ccccc2)CCC1. The van der Waals surface area contributed by atoms with Crippen LogP contribution in [0.1, 0.15) is 37.1 Å². The second-order valence-electron chi connectivity index (χ2n) is 6.09. The summed E-state index contributed by atoms with van der Waals surface area (Å²) in [4.78, 5) is 4.42. The first-order valence-electron chi connectivity index (χ1n) is 7.74. The molecule has 4 nitrogen and oxygen atoms in total. The van der Waals surface area contributed by atoms with Crippen LogP contribution in [0, 0.1) is 0 Å². The van der Waals surface area contributed by atoms with Gasteiger partial charge in [0.25, 0.3) is 0 Å². The van der Waals surface area contributed by atoms with Gasteiger partial charge in [0.2, 0.25) is 0 Å². The third-order valence-electron chi connectivity index (χ3n) is 5.04. The number of aryl methyl sites for hydroxylation is 2. The van der Waals surface area contributed by atoms with Crippen LogP contribution < -0.4 is 11.3 Å². The third-order valence-corrected chi connectivity index (χ3v) is 5.04. The molecule has 1 aliphatic rings. The van der Waals surface area contributed by atoms with Crippen LogP contribution in [0.2, 0.25) is 0 Å². The van der Waals surface area contributed by atoms with E-state index in [4.69, 9.17) is 5.84 Å². The molecule has 0 bridgehead atoms. The first kappa shape index (κ1) is 14.3. The normalized spacial score (nSPS) is 18.2. The van der Waals surface area contributed by atoms with Crippen LogP contribution in [0.5, 0.6) is 0 Å². The number of hydrogen-bond acceptors (Lipinski definition) is 3. The minimum Gasteiger partial charge on any atom is -0.338 e. The molecule has 2 aromatic rings. The Hall–Kier alpha value is -1.65. The number of hydrazine groups is 1. The lowest BCUT2D eigenvalue weighted by molar-refractivity contribution is 0.161. The Morgan fingerprint density at radius 2 is 2.10 bits per heavy atom. The van der Waals surface area contributed by atoms with Gasteiger partial charge in [-0.3, -0.25) is 11.3 Å². The van der Waals surface area contributed by atoms with Crippen LogP contribution in [-0.4, -0.2) is 15.6 Å². The van der Waals surface area contributed by atoms with Crippen molar-refractivity contribution in [1.82, 2.24) is 15.0 Å². The Balaban J connectivity index is 1.76. The Bertz CT molecular complexity index is 571. The maximum Gasteiger partial charge on any atom is 0.108 e. The van der Waals surface area contributed by atoms with Crippen LogP contribution in [0.4, 0.5) is 0 Å². The number of benzene rings is 1. The van der Waals surface area contributed by atoms with E-state index < -0.39 is 0 Å². The summed E-state index contributed by atoms with van der Waals surface area (Å²) in [6.07, 6.45) is 9.53. The molecule has 1 fully saturated rings. The lowest BCUT2D eigenvalue weighted by Crippen LogP contribution is -2.55. The summed E-state index contributed by atoms with van der Waals surface area (Å²) in [6.45, 7) is 0. The molecule has 21 heavy (non-hydrogen) atoms. The highest BCUT2D eigenvalue weighted by Gasteiger charge is 2.44. The van der Waals surface area contributed by atoms with Crippen LogP contribution in [0.3, 0.4) is 0 Å². The minimum absolute atomic E-state index is 0.196. The van der Waals surface area contributed by atoms with E-state index >= 15 is 0 Å². The summed E-state index contributed by atoms with van der Waals surface area (Å²) in [5.41, 5.74) is 4.70. The molecule has 0 spiro atoms. The lowest BCUT2D eigenvalue weighted by atomic mass is 9.59. The monoisotopic (exact) mass is 284 g/mol. The zero-order chi connectivity index (χ0) is 14.7. The summed E-state index contributed by atoms with van der Waals surface area (Å²) < 4.78 is 2.09. The van der Waals surface area contributed by atoms with E-state index in [1.54, 1.807) is 0 Å². The minimum atomic E-state index is 0.196. The molecule has 3 N–H and O–H groups in total. The number of nitrogens with two attached hydrogens (primary N) is 1. The van der Waals surface area contributed by atoms with Crippen molar-refractivity contribution < 1.29 is 0 Å². The summed E-state index contributed by atoms with van der Waals surface area (Å²) in [5, 5.41) is 0. The average molecular weight is 284 g/mol. The fraction of sp³-hybridized carbons (Fsp3) is 0.471. The van der Waals surface area contributed by atoms with Crippen molar-refractivity contribution in [1.29, 1.82) is 0 Å². The van der Waals surface area contributed by atoms with Crippen molar-refractivity contribution in [3.8, 4) is 0 Å². The van der Waals surface area contributed by atoms with Crippen LogP contribution in [0.15, 0.2) is 42.7 Å². The number of hydrogen-bond donors (Lipinski definition) is 2. The largest absolute Gasteiger partial charge is 0.338 e. The molecule has 1 heterocycles. The van der Waals surface area contributed by atoms with Gasteiger partial charge in [0.15, 0.2) is 0 Å². The smallest absolute Gasteiger partial charge is 0.108 e. The molecule has 1 aromatic carbocycles. The molecule has 4 heteroatoms. The second kappa shape index (κ2) is 6.00. The van der Waals surface area contributed by atoms with Crippen LogP contribution >= 0.6 is 0 Å². The van der Waals surface area contributed by atoms with Gasteiger partial charge in [0, 0.05) is 37.3 Å². The molecule has 0 radical (unpaired) electrons. The molecule has 1 atom stereocenters. The predicted molar refractivity (Wildman–Crippen MR) is 84.6 cm³/mol. The Morgan fingerprint density at radius 1 is 1.33 bits per heavy atom. The highest BCUT2D eigenvalue weighted by atomic mass is 15.2. The number of nitrogens with zero attached hydrogens (tertiary/aromatic N) is 2. The van der Waals surface area contributed by atoms with E-state index in [0.29, 0.717) is 6.04 Å². The number of nitrogens with one attached hydrogen (secondary N) is 1. The number of imidazole rings is 1.